The molecular weight excluding hydrogens is 1210 g/mol. The highest BCUT2D eigenvalue weighted by Crippen LogP contribution is 2.46. The van der Waals surface area contributed by atoms with Crippen molar-refractivity contribution in [1.29, 1.82) is 0 Å². The molecule has 2 unspecified atom stereocenters. The number of para-hydroxylation sites is 4. The van der Waals surface area contributed by atoms with Crippen molar-refractivity contribution in [3.63, 3.8) is 0 Å². The Morgan fingerprint density at radius 1 is 0.606 bits per heavy atom. The number of ether oxygens (including phenoxy) is 2. The second-order valence-corrected chi connectivity index (χ2v) is 27.7. The first-order valence-corrected chi connectivity index (χ1v) is 36.0. The van der Waals surface area contributed by atoms with Gasteiger partial charge in [-0.3, -0.25) is 10.0 Å². The molecule has 0 amide bonds. The molecule has 0 aliphatic carbocycles. The minimum Gasteiger partial charge on any atom is -0.494 e. The van der Waals surface area contributed by atoms with Crippen molar-refractivity contribution < 1.29 is 14.2 Å². The summed E-state index contributed by atoms with van der Waals surface area (Å²) in [5, 5.41) is 24.0. The van der Waals surface area contributed by atoms with Gasteiger partial charge in [0.05, 0.1) is 31.5 Å². The number of anilines is 6. The zero-order valence-electron chi connectivity index (χ0n) is 60.2. The Morgan fingerprint density at radius 3 is 1.65 bits per heavy atom. The molecule has 0 fully saturated rings. The Kier molecular flexibility index (Phi) is 23.4. The molecule has 10 nitrogen and oxygen atoms in total. The highest BCUT2D eigenvalue weighted by Gasteiger charge is 2.36. The molecule has 0 saturated heterocycles. The fourth-order valence-electron chi connectivity index (χ4n) is 13.6. The minimum absolute atomic E-state index is 0.120. The Hall–Kier alpha value is -10.1. The van der Waals surface area contributed by atoms with Crippen molar-refractivity contribution in [1.82, 2.24) is 10.0 Å². The summed E-state index contributed by atoms with van der Waals surface area (Å²) in [7, 11) is 0. The monoisotopic (exact) mass is 1310 g/mol. The molecule has 0 N–H and O–H groups in total. The molecule has 3 aliphatic rings. The molecule has 0 bridgehead atoms. The average molecular weight is 1310 g/mol. The smallest absolute Gasteiger partial charge is 0.175 e. The topological polar surface area (TPSA) is 71.5 Å². The van der Waals surface area contributed by atoms with Crippen LogP contribution in [-0.4, -0.2) is 72.4 Å². The Labute approximate surface area is 590 Å². The number of hydrazone groups is 1. The van der Waals surface area contributed by atoms with E-state index in [4.69, 9.17) is 31.4 Å². The highest BCUT2D eigenvalue weighted by molar-refractivity contribution is 6.33. The zero-order chi connectivity index (χ0) is 69.5. The summed E-state index contributed by atoms with van der Waals surface area (Å²) in [6.45, 7) is 40.7. The van der Waals surface area contributed by atoms with E-state index in [1.807, 2.05) is 24.3 Å². The molecular formula is C89H101N8O2+. The molecule has 8 aromatic carbocycles. The maximum Gasteiger partial charge on any atom is 0.175 e. The van der Waals surface area contributed by atoms with Crippen LogP contribution < -0.4 is 25.1 Å². The fourth-order valence-corrected chi connectivity index (χ4v) is 13.6. The van der Waals surface area contributed by atoms with Crippen LogP contribution in [0.25, 0.3) is 33.9 Å². The quantitative estimate of drug-likeness (QED) is 0.0201. The summed E-state index contributed by atoms with van der Waals surface area (Å²) in [4.78, 5) is 4.68. The highest BCUT2D eigenvalue weighted by atomic mass is 16.5. The number of nitrogens with zero attached hydrogens (tertiary/aromatic N) is 8. The third-order valence-electron chi connectivity index (χ3n) is 18.8. The maximum absolute atomic E-state index is 6.11. The molecule has 0 spiro atoms. The van der Waals surface area contributed by atoms with Gasteiger partial charge in [-0.1, -0.05) is 203 Å². The van der Waals surface area contributed by atoms with Gasteiger partial charge < -0.3 is 19.3 Å². The predicted molar refractivity (Wildman–Crippen MR) is 416 cm³/mol. The van der Waals surface area contributed by atoms with Gasteiger partial charge in [0.25, 0.3) is 0 Å². The van der Waals surface area contributed by atoms with Gasteiger partial charge in [-0.15, -0.1) is 4.70 Å². The molecule has 0 radical (unpaired) electrons. The number of hydrogen-bond donors (Lipinski definition) is 0. The van der Waals surface area contributed by atoms with Gasteiger partial charge in [0.15, 0.2) is 13.1 Å². The van der Waals surface area contributed by atoms with Gasteiger partial charge in [-0.25, -0.2) is 0 Å². The number of rotatable bonds is 29. The number of benzene rings is 8. The zero-order valence-corrected chi connectivity index (χ0v) is 60.2. The lowest BCUT2D eigenvalue weighted by atomic mass is 9.81. The lowest BCUT2D eigenvalue weighted by molar-refractivity contribution is -0.595. The SMILES string of the molecule is C=C(/C=C\C(=C)/C(C)=C1/C(C(=C)c2ccc(OCC(C)C)cc2)=NN(CCCCC[N+]2=Nc3c(c(-c4ccc(N(c5ccccc5)c5ccccc5)cc4)c4c(c3-c3ccc(N(c5ccccc5)c5ccccc5)cc3)=NN(CC(C)C)C(CC)C=4)C(CC)C2)C/C1=C/C)OCC(C)C. The lowest BCUT2D eigenvalue weighted by Gasteiger charge is -2.33. The van der Waals surface area contributed by atoms with E-state index in [0.29, 0.717) is 43.3 Å². The number of allylic oxidation sites excluding steroid dienone is 6. The van der Waals surface area contributed by atoms with E-state index < -0.39 is 0 Å². The third kappa shape index (κ3) is 16.7. The average Bonchev–Trinajstić information content (AvgIpc) is 0.718. The minimum atomic E-state index is 0.120. The molecule has 508 valence electrons. The normalized spacial score (nSPS) is 16.0. The molecule has 8 aromatic rings. The second kappa shape index (κ2) is 33.0. The van der Waals surface area contributed by atoms with Crippen LogP contribution in [0.4, 0.5) is 39.8 Å². The van der Waals surface area contributed by atoms with Gasteiger partial charge in [0, 0.05) is 87.0 Å². The second-order valence-electron chi connectivity index (χ2n) is 27.7. The first-order chi connectivity index (χ1) is 48.1. The number of unbranched alkanes of at least 4 members (excludes halogenated alkanes) is 2. The molecule has 3 heterocycles. The van der Waals surface area contributed by atoms with E-state index in [-0.39, 0.29) is 12.0 Å². The van der Waals surface area contributed by atoms with Gasteiger partial charge >= 0.3 is 0 Å². The number of azo groups is 2. The van der Waals surface area contributed by atoms with Crippen molar-refractivity contribution >= 4 is 57.2 Å². The summed E-state index contributed by atoms with van der Waals surface area (Å²) >= 11 is 0. The summed E-state index contributed by atoms with van der Waals surface area (Å²) in [5.41, 5.74) is 20.3. The van der Waals surface area contributed by atoms with E-state index in [1.165, 1.54) is 27.5 Å². The van der Waals surface area contributed by atoms with Crippen LogP contribution in [0.1, 0.15) is 118 Å². The van der Waals surface area contributed by atoms with Crippen LogP contribution in [0.15, 0.2) is 275 Å². The van der Waals surface area contributed by atoms with Crippen LogP contribution in [0.2, 0.25) is 0 Å². The third-order valence-corrected chi connectivity index (χ3v) is 18.8. The summed E-state index contributed by atoms with van der Waals surface area (Å²) in [6.07, 6.45) is 13.5. The Morgan fingerprint density at radius 2 is 1.14 bits per heavy atom. The van der Waals surface area contributed by atoms with E-state index in [0.717, 1.165) is 154 Å². The van der Waals surface area contributed by atoms with Crippen molar-refractivity contribution in [2.24, 2.45) is 33.1 Å². The van der Waals surface area contributed by atoms with Crippen LogP contribution in [-0.2, 0) is 4.74 Å². The Bertz CT molecular complexity index is 4320. The lowest BCUT2D eigenvalue weighted by Crippen LogP contribution is -2.45. The molecule has 10 heteroatoms. The van der Waals surface area contributed by atoms with Gasteiger partial charge in [-0.2, -0.15) is 10.2 Å². The van der Waals surface area contributed by atoms with Crippen LogP contribution in [0, 0.1) is 17.8 Å². The van der Waals surface area contributed by atoms with E-state index in [2.05, 4.69) is 301 Å². The van der Waals surface area contributed by atoms with E-state index >= 15 is 0 Å². The van der Waals surface area contributed by atoms with Crippen molar-refractivity contribution in [2.45, 2.75) is 113 Å². The van der Waals surface area contributed by atoms with Crippen LogP contribution in [0.3, 0.4) is 0 Å². The van der Waals surface area contributed by atoms with Crippen LogP contribution >= 0.6 is 0 Å². The van der Waals surface area contributed by atoms with Crippen molar-refractivity contribution in [3.8, 4) is 28.0 Å². The van der Waals surface area contributed by atoms with E-state index in [1.54, 1.807) is 0 Å². The number of fused-ring (bicyclic) bond motifs is 2. The van der Waals surface area contributed by atoms with Crippen molar-refractivity contribution in [2.75, 3.05) is 55.7 Å². The summed E-state index contributed by atoms with van der Waals surface area (Å²) in [5.74, 6) is 2.85. The number of hydrogen-bond acceptors (Lipinski definition) is 9. The Balaban J connectivity index is 0.970. The molecule has 0 aromatic heterocycles. The van der Waals surface area contributed by atoms with Gasteiger partial charge in [0.1, 0.15) is 22.6 Å². The maximum atomic E-state index is 6.11. The van der Waals surface area contributed by atoms with Gasteiger partial charge in [-0.05, 0) is 192 Å². The largest absolute Gasteiger partial charge is 0.494 e. The summed E-state index contributed by atoms with van der Waals surface area (Å²) < 4.78 is 14.4. The molecule has 99 heavy (non-hydrogen) atoms. The van der Waals surface area contributed by atoms with Crippen LogP contribution in [0.5, 0.6) is 5.75 Å². The molecule has 11 rings (SSSR count). The molecule has 0 saturated carbocycles. The van der Waals surface area contributed by atoms with Crippen molar-refractivity contribution in [3.05, 3.63) is 282 Å². The first kappa shape index (κ1) is 70.3. The summed E-state index contributed by atoms with van der Waals surface area (Å²) in [6, 6.07) is 69.5. The van der Waals surface area contributed by atoms with E-state index in [9.17, 15) is 0 Å². The molecule has 3 aliphatic heterocycles. The van der Waals surface area contributed by atoms with Gasteiger partial charge in [0.2, 0.25) is 0 Å². The predicted octanol–water partition coefficient (Wildman–Crippen LogP) is 21.8. The standard InChI is InChI=1S/C89H101N8O2/c1-14-69-58-93(90-87(68(13)71-46-52-81(53-47-71)99-61-64(8)9)83(69)67(12)65(10)40-41-66(11)98-60-63(6)7)54-30-21-31-55-94-59-70(15-2)85-84(72-42-48-79(49-43-72)96(75-32-22-17-23-33-75)76-34-24-18-25-35-76)82-56-74(16-3)95(57-62(4)5)92-88(82)86(89(85)91-94)73-44-50-80(51-45-73)97(77-36-26-19-27-37-77)78-38-28-20-29-39-78/h14,17-20,22-29,32-53,56,62-64,70,74H,10-11,13,15-16,21,30-31,54-55,57-61H2,1-9,12H3/q+1/b41-40-,69-14-,83-67+. The first-order valence-electron chi connectivity index (χ1n) is 36.0. The molecule has 2 atom stereocenters. The fraction of sp³-hybridized carbons (Fsp3) is 0.303.